The van der Waals surface area contributed by atoms with Gasteiger partial charge in [-0.15, -0.1) is 12.4 Å². The number of carbonyl (C=O) groups excluding carboxylic acids is 4. The fourth-order valence-corrected chi connectivity index (χ4v) is 13.8. The quantitative estimate of drug-likeness (QED) is 0.0816. The third-order valence-electron chi connectivity index (χ3n) is 20.4. The highest BCUT2D eigenvalue weighted by Crippen LogP contribution is 2.47. The molecular formula is C79H94BrClN12O12. The van der Waals surface area contributed by atoms with Gasteiger partial charge in [-0.25, -0.2) is 29.5 Å². The third kappa shape index (κ3) is 16.3. The summed E-state index contributed by atoms with van der Waals surface area (Å²) in [5.41, 5.74) is 7.42. The molecule has 6 aromatic heterocycles. The highest BCUT2D eigenvalue weighted by Gasteiger charge is 2.50. The zero-order chi connectivity index (χ0) is 74.1. The molecule has 10 aromatic rings. The molecule has 9 heterocycles. The number of rotatable bonds is 16. The van der Waals surface area contributed by atoms with Gasteiger partial charge in [0, 0.05) is 71.8 Å². The third-order valence-corrected chi connectivity index (χ3v) is 20.8. The summed E-state index contributed by atoms with van der Waals surface area (Å²) in [4.78, 5) is 74.0. The smallest absolute Gasteiger partial charge is 0.435 e. The fraction of sp³-hybridized carbons (Fsp3) is 0.468. The van der Waals surface area contributed by atoms with Gasteiger partial charge in [0.15, 0.2) is 6.29 Å². The van der Waals surface area contributed by atoms with Crippen LogP contribution in [0.15, 0.2) is 127 Å². The fourth-order valence-electron chi connectivity index (χ4n) is 13.4. The lowest BCUT2D eigenvalue weighted by Crippen LogP contribution is -2.41. The van der Waals surface area contributed by atoms with E-state index in [2.05, 4.69) is 59.1 Å². The molecular weight excluding hydrogens is 1420 g/mol. The van der Waals surface area contributed by atoms with Crippen LogP contribution in [0.3, 0.4) is 0 Å². The lowest BCUT2D eigenvalue weighted by atomic mass is 9.90. The summed E-state index contributed by atoms with van der Waals surface area (Å²) in [5, 5.41) is 10.1. The van der Waals surface area contributed by atoms with Gasteiger partial charge in [-0.2, -0.15) is 19.6 Å². The number of methoxy groups -OCH3 is 2. The summed E-state index contributed by atoms with van der Waals surface area (Å²) < 4.78 is 54.3. The predicted octanol–water partition coefficient (Wildman–Crippen LogP) is 16.7. The largest absolute Gasteiger partial charge is 0.497 e. The van der Waals surface area contributed by atoms with Gasteiger partial charge < -0.3 is 56.8 Å². The van der Waals surface area contributed by atoms with Crippen LogP contribution in [0.1, 0.15) is 183 Å². The second-order valence-corrected chi connectivity index (χ2v) is 31.7. The summed E-state index contributed by atoms with van der Waals surface area (Å²) in [7, 11) is 3.30. The van der Waals surface area contributed by atoms with E-state index in [1.165, 1.54) is 9.36 Å². The van der Waals surface area contributed by atoms with Crippen LogP contribution in [-0.4, -0.2) is 144 Å². The van der Waals surface area contributed by atoms with Gasteiger partial charge >= 0.3 is 12.2 Å². The van der Waals surface area contributed by atoms with E-state index in [-0.39, 0.29) is 60.3 Å². The number of pyridine rings is 2. The Morgan fingerprint density at radius 1 is 0.571 bits per heavy atom. The van der Waals surface area contributed by atoms with Gasteiger partial charge in [-0.1, -0.05) is 36.4 Å². The molecule has 556 valence electrons. The average Bonchev–Trinajstić information content (AvgIpc) is 1.65. The van der Waals surface area contributed by atoms with Crippen LogP contribution in [-0.2, 0) is 28.5 Å². The van der Waals surface area contributed by atoms with Crippen molar-refractivity contribution in [1.82, 2.24) is 58.4 Å². The first kappa shape index (κ1) is 75.5. The zero-order valence-corrected chi connectivity index (χ0v) is 64.9. The second kappa shape index (κ2) is 29.6. The molecule has 3 aliphatic heterocycles. The minimum atomic E-state index is -0.634. The molecule has 26 heteroatoms. The molecule has 15 rings (SSSR count). The van der Waals surface area contributed by atoms with Crippen molar-refractivity contribution in [1.29, 1.82) is 0 Å². The maximum Gasteiger partial charge on any atom is 0.435 e. The lowest BCUT2D eigenvalue weighted by Gasteiger charge is -2.30. The van der Waals surface area contributed by atoms with Crippen molar-refractivity contribution >= 4 is 96.2 Å². The predicted molar refractivity (Wildman–Crippen MR) is 404 cm³/mol. The summed E-state index contributed by atoms with van der Waals surface area (Å²) >= 11 is 3.48. The Morgan fingerprint density at radius 2 is 1.00 bits per heavy atom. The molecule has 105 heavy (non-hydrogen) atoms. The van der Waals surface area contributed by atoms with Gasteiger partial charge in [0.05, 0.1) is 90.3 Å². The van der Waals surface area contributed by atoms with Crippen molar-refractivity contribution in [2.24, 2.45) is 11.8 Å². The molecule has 0 bridgehead atoms. The number of hydrogen-bond acceptors (Lipinski definition) is 18. The number of aromatic nitrogens is 10. The van der Waals surface area contributed by atoms with E-state index in [1.807, 2.05) is 203 Å². The normalized spacial score (nSPS) is 19.2. The highest BCUT2D eigenvalue weighted by molar-refractivity contribution is 9.10. The zero-order valence-electron chi connectivity index (χ0n) is 62.5. The molecule has 5 aliphatic rings. The summed E-state index contributed by atoms with van der Waals surface area (Å²) in [6.07, 6.45) is 10.5. The molecule has 2 saturated carbocycles. The molecule has 6 atom stereocenters. The van der Waals surface area contributed by atoms with E-state index in [0.29, 0.717) is 71.1 Å². The van der Waals surface area contributed by atoms with Crippen LogP contribution in [0, 0.1) is 11.8 Å². The number of likely N-dealkylation sites (tertiary alicyclic amines) is 2. The molecule has 0 N–H and O–H groups in total. The van der Waals surface area contributed by atoms with Gasteiger partial charge in [0.2, 0.25) is 23.6 Å². The van der Waals surface area contributed by atoms with E-state index in [0.717, 1.165) is 92.3 Å². The molecule has 0 radical (unpaired) electrons. The van der Waals surface area contributed by atoms with E-state index in [4.69, 9.17) is 47.9 Å². The number of hydrogen-bond donors (Lipinski definition) is 0. The standard InChI is InChI=1S/C36H40N6O5.C24H27BrN4O3.C19H26N2O4.ClH/c1-21(23-7-12-28(45-6)13-8-23)40-19-26(16-32(40)43)22(2)46-34-33-30(37-20-41(33)27-10-11-27)17-29(39-34)24-9-14-31-25(15-24)18-38-42(31)35(44)47-36(3,4)5;1-14(16-4-8-19(31-3)9-5-16)28-12-17(10-22(28)30)15(2)32-24-23-20(11-21(25)27-24)26-13-29(23)18-6-7-18;1-17(2,3)25-16(22)21-14-9-8-12(10-13(14)11-20-21)15-23-18(4,5)19(6,7)24-15;/h7-9,12-15,17-18,20-22,26-27H,10-11,16,19H2,1-6H3;4-5,8-9,11,13-15,17-18H,6-7,10,12H2,1-3H3;8-11,15H,1-7H3;1H/t21-,22-,26-;14-,15-,17-;;/m11../s1. The maximum absolute atomic E-state index is 13.2. The molecule has 0 spiro atoms. The Labute approximate surface area is 625 Å². The van der Waals surface area contributed by atoms with Crippen molar-refractivity contribution in [3.8, 4) is 34.5 Å². The molecule has 3 saturated heterocycles. The molecule has 5 fully saturated rings. The molecule has 2 amide bonds. The first-order chi connectivity index (χ1) is 49.3. The number of carbonyl (C=O) groups is 4. The van der Waals surface area contributed by atoms with Crippen LogP contribution in [0.4, 0.5) is 9.59 Å². The van der Waals surface area contributed by atoms with Crippen LogP contribution in [0.5, 0.6) is 23.3 Å². The van der Waals surface area contributed by atoms with Crippen LogP contribution < -0.4 is 18.9 Å². The molecule has 0 unspecified atom stereocenters. The Kier molecular flexibility index (Phi) is 21.3. The Balaban J connectivity index is 0.000000156. The molecule has 24 nitrogen and oxygen atoms in total. The highest BCUT2D eigenvalue weighted by atomic mass is 79.9. The number of imidazole rings is 2. The van der Waals surface area contributed by atoms with Crippen LogP contribution >= 0.6 is 28.3 Å². The van der Waals surface area contributed by atoms with E-state index in [1.54, 1.807) is 26.6 Å². The second-order valence-electron chi connectivity index (χ2n) is 30.9. The van der Waals surface area contributed by atoms with Crippen molar-refractivity contribution in [3.63, 3.8) is 0 Å². The number of fused-ring (bicyclic) bond motifs is 4. The first-order valence-electron chi connectivity index (χ1n) is 35.7. The van der Waals surface area contributed by atoms with Crippen molar-refractivity contribution in [3.05, 3.63) is 143 Å². The Morgan fingerprint density at radius 3 is 1.44 bits per heavy atom. The number of amides is 2. The van der Waals surface area contributed by atoms with Crippen molar-refractivity contribution in [2.45, 2.75) is 201 Å². The topological polar surface area (TPSA) is 246 Å². The van der Waals surface area contributed by atoms with Crippen LogP contribution in [0.25, 0.3) is 55.1 Å². The monoisotopic (exact) mass is 1520 g/mol. The Hall–Kier alpha value is -9.17. The van der Waals surface area contributed by atoms with E-state index >= 15 is 0 Å². The number of benzene rings is 4. The summed E-state index contributed by atoms with van der Waals surface area (Å²) in [6, 6.07) is 31.9. The lowest BCUT2D eigenvalue weighted by molar-refractivity contribution is -0.130. The van der Waals surface area contributed by atoms with Crippen LogP contribution in [0.2, 0.25) is 0 Å². The van der Waals surface area contributed by atoms with E-state index in [9.17, 15) is 19.2 Å². The number of halogens is 2. The number of ether oxygens (including phenoxy) is 8. The Bertz CT molecular complexity index is 4840. The van der Waals surface area contributed by atoms with Gasteiger partial charge in [-0.05, 0) is 210 Å². The molecule has 4 aromatic carbocycles. The summed E-state index contributed by atoms with van der Waals surface area (Å²) in [5.74, 6) is 3.05. The average molecular weight is 1520 g/mol. The first-order valence-corrected chi connectivity index (χ1v) is 36.5. The van der Waals surface area contributed by atoms with Gasteiger partial charge in [0.25, 0.3) is 0 Å². The van der Waals surface area contributed by atoms with Gasteiger partial charge in [-0.3, -0.25) is 9.59 Å². The molecule has 2 aliphatic carbocycles. The minimum absolute atomic E-state index is 0. The van der Waals surface area contributed by atoms with Crippen molar-refractivity contribution in [2.75, 3.05) is 27.3 Å². The maximum atomic E-state index is 13.2. The summed E-state index contributed by atoms with van der Waals surface area (Å²) in [6.45, 7) is 28.5. The minimum Gasteiger partial charge on any atom is -0.497 e. The van der Waals surface area contributed by atoms with Crippen molar-refractivity contribution < 1.29 is 57.1 Å². The number of nitrogens with zero attached hydrogens (tertiary/aromatic N) is 12. The van der Waals surface area contributed by atoms with Gasteiger partial charge in [0.1, 0.15) is 50.5 Å². The van der Waals surface area contributed by atoms with E-state index < -0.39 is 40.9 Å². The SMILES string of the molecule is CC(C)(C)OC(=O)n1ncc2cc(C3OC(C)(C)C(C)(C)O3)ccc21.COc1ccc([C@@H](C)N2C[C@H]([C@@H](C)Oc3nc(-c4ccc5c(cnn5C(=O)OC(C)(C)C)c4)cc4ncn(C5CC5)c34)CC2=O)cc1.COc1ccc([C@@H](C)N2C[C@H]([C@@H](C)Oc3nc(Br)cc4ncn(C5CC5)c34)CC2=O)cc1.Cl.